The fourth-order valence-corrected chi connectivity index (χ4v) is 2.86. The molecule has 20 heavy (non-hydrogen) atoms. The van der Waals surface area contributed by atoms with Gasteiger partial charge in [-0.25, -0.2) is 0 Å². The van der Waals surface area contributed by atoms with E-state index in [-0.39, 0.29) is 30.7 Å². The van der Waals surface area contributed by atoms with Gasteiger partial charge in [-0.2, -0.15) is 0 Å². The minimum absolute atomic E-state index is 0. The maximum atomic E-state index is 11.6. The molecule has 3 N–H and O–H groups in total. The summed E-state index contributed by atoms with van der Waals surface area (Å²) in [5.74, 6) is 0.881. The number of hydrogen-bond acceptors (Lipinski definition) is 3. The molecular formula is C14H31Cl2N3O. The lowest BCUT2D eigenvalue weighted by Crippen LogP contribution is -2.45. The van der Waals surface area contributed by atoms with Gasteiger partial charge in [0.25, 0.3) is 0 Å². The maximum absolute atomic E-state index is 11.6. The van der Waals surface area contributed by atoms with E-state index in [1.54, 1.807) is 0 Å². The predicted molar refractivity (Wildman–Crippen MR) is 89.8 cm³/mol. The third-order valence-electron chi connectivity index (χ3n) is 3.97. The minimum atomic E-state index is 0. The van der Waals surface area contributed by atoms with Gasteiger partial charge in [-0.1, -0.05) is 19.3 Å². The number of hydrogen-bond donors (Lipinski definition) is 2. The van der Waals surface area contributed by atoms with Gasteiger partial charge >= 0.3 is 0 Å². The van der Waals surface area contributed by atoms with Crippen LogP contribution in [0.1, 0.15) is 44.9 Å². The largest absolute Gasteiger partial charge is 0.355 e. The van der Waals surface area contributed by atoms with E-state index in [1.165, 1.54) is 32.1 Å². The van der Waals surface area contributed by atoms with Gasteiger partial charge in [-0.05, 0) is 45.8 Å². The number of nitrogens with zero attached hydrogens (tertiary/aromatic N) is 1. The normalized spacial score (nSPS) is 17.0. The molecule has 0 bridgehead atoms. The summed E-state index contributed by atoms with van der Waals surface area (Å²) in [5, 5.41) is 3.06. The molecule has 1 aliphatic carbocycles. The van der Waals surface area contributed by atoms with Crippen LogP contribution >= 0.6 is 24.8 Å². The Hall–Kier alpha value is -0.0300. The van der Waals surface area contributed by atoms with Crippen LogP contribution in [-0.2, 0) is 4.79 Å². The first kappa shape index (κ1) is 22.3. The highest BCUT2D eigenvalue weighted by atomic mass is 35.5. The Bertz CT molecular complexity index is 247. The highest BCUT2D eigenvalue weighted by molar-refractivity contribution is 5.85. The predicted octanol–water partition coefficient (Wildman–Crippen LogP) is 2.20. The lowest BCUT2D eigenvalue weighted by Gasteiger charge is -2.35. The van der Waals surface area contributed by atoms with E-state index < -0.39 is 0 Å². The minimum Gasteiger partial charge on any atom is -0.355 e. The molecule has 1 aliphatic rings. The Kier molecular flexibility index (Phi) is 14.1. The van der Waals surface area contributed by atoms with Crippen molar-refractivity contribution in [3.63, 3.8) is 0 Å². The van der Waals surface area contributed by atoms with Crippen LogP contribution in [0.15, 0.2) is 0 Å². The molecule has 0 heterocycles. The van der Waals surface area contributed by atoms with Crippen molar-refractivity contribution < 1.29 is 4.79 Å². The number of nitrogens with one attached hydrogen (secondary N) is 1. The van der Waals surface area contributed by atoms with Gasteiger partial charge in [-0.3, -0.25) is 4.79 Å². The second-order valence-corrected chi connectivity index (χ2v) is 5.63. The highest BCUT2D eigenvalue weighted by Gasteiger charge is 2.25. The molecular weight excluding hydrogens is 297 g/mol. The molecule has 0 aromatic carbocycles. The van der Waals surface area contributed by atoms with Crippen molar-refractivity contribution in [1.29, 1.82) is 0 Å². The monoisotopic (exact) mass is 327 g/mol. The molecule has 1 fully saturated rings. The molecule has 0 aliphatic heterocycles. The van der Waals surface area contributed by atoms with Crippen LogP contribution in [0.3, 0.4) is 0 Å². The SMILES string of the molecule is CN(C)C(CNC(=O)CCCN)C1CCCCC1.Cl.Cl. The third kappa shape index (κ3) is 8.30. The molecule has 1 saturated carbocycles. The number of rotatable bonds is 7. The van der Waals surface area contributed by atoms with Gasteiger partial charge in [0.2, 0.25) is 5.91 Å². The van der Waals surface area contributed by atoms with Crippen LogP contribution in [0, 0.1) is 5.92 Å². The number of likely N-dealkylation sites (N-methyl/N-ethyl adjacent to an activating group) is 1. The molecule has 0 radical (unpaired) electrons. The molecule has 1 rings (SSSR count). The summed E-state index contributed by atoms with van der Waals surface area (Å²) < 4.78 is 0. The first-order valence-corrected chi connectivity index (χ1v) is 7.28. The lowest BCUT2D eigenvalue weighted by molar-refractivity contribution is -0.121. The summed E-state index contributed by atoms with van der Waals surface area (Å²) in [4.78, 5) is 13.9. The molecule has 4 nitrogen and oxygen atoms in total. The molecule has 0 spiro atoms. The van der Waals surface area contributed by atoms with Crippen molar-refractivity contribution >= 4 is 30.7 Å². The van der Waals surface area contributed by atoms with Crippen molar-refractivity contribution in [1.82, 2.24) is 10.2 Å². The summed E-state index contributed by atoms with van der Waals surface area (Å²) in [5.41, 5.74) is 5.41. The number of halogens is 2. The second-order valence-electron chi connectivity index (χ2n) is 5.63. The average molecular weight is 328 g/mol. The van der Waals surface area contributed by atoms with E-state index in [4.69, 9.17) is 5.73 Å². The Balaban J connectivity index is 0. The molecule has 0 saturated heterocycles. The fourth-order valence-electron chi connectivity index (χ4n) is 2.86. The molecule has 1 unspecified atom stereocenters. The highest BCUT2D eigenvalue weighted by Crippen LogP contribution is 2.27. The molecule has 122 valence electrons. The maximum Gasteiger partial charge on any atom is 0.220 e. The Labute approximate surface area is 136 Å². The van der Waals surface area contributed by atoms with E-state index in [0.717, 1.165) is 18.9 Å². The Morgan fingerprint density at radius 1 is 1.25 bits per heavy atom. The van der Waals surface area contributed by atoms with Crippen LogP contribution in [0.4, 0.5) is 0 Å². The van der Waals surface area contributed by atoms with E-state index in [2.05, 4.69) is 24.3 Å². The van der Waals surface area contributed by atoms with Crippen LogP contribution in [0.2, 0.25) is 0 Å². The number of carbonyl (C=O) groups is 1. The van der Waals surface area contributed by atoms with Gasteiger partial charge in [-0.15, -0.1) is 24.8 Å². The van der Waals surface area contributed by atoms with Crippen molar-refractivity contribution in [2.24, 2.45) is 11.7 Å². The van der Waals surface area contributed by atoms with Gasteiger partial charge in [0.05, 0.1) is 0 Å². The number of carbonyl (C=O) groups excluding carboxylic acids is 1. The van der Waals surface area contributed by atoms with Gasteiger partial charge in [0.15, 0.2) is 0 Å². The quantitative estimate of drug-likeness (QED) is 0.753. The van der Waals surface area contributed by atoms with Crippen molar-refractivity contribution in [3.8, 4) is 0 Å². The smallest absolute Gasteiger partial charge is 0.220 e. The van der Waals surface area contributed by atoms with Crippen LogP contribution in [0.25, 0.3) is 0 Å². The van der Waals surface area contributed by atoms with Crippen LogP contribution in [0.5, 0.6) is 0 Å². The van der Waals surface area contributed by atoms with Crippen molar-refractivity contribution in [3.05, 3.63) is 0 Å². The van der Waals surface area contributed by atoms with E-state index in [0.29, 0.717) is 19.0 Å². The zero-order valence-corrected chi connectivity index (χ0v) is 14.4. The topological polar surface area (TPSA) is 58.4 Å². The van der Waals surface area contributed by atoms with Crippen molar-refractivity contribution in [2.45, 2.75) is 51.0 Å². The summed E-state index contributed by atoms with van der Waals surface area (Å²) in [7, 11) is 4.23. The summed E-state index contributed by atoms with van der Waals surface area (Å²) in [6, 6.07) is 0.479. The first-order chi connectivity index (χ1) is 8.65. The average Bonchev–Trinajstić information content (AvgIpc) is 2.37. The van der Waals surface area contributed by atoms with E-state index >= 15 is 0 Å². The Morgan fingerprint density at radius 2 is 1.85 bits per heavy atom. The van der Waals surface area contributed by atoms with Gasteiger partial charge in [0, 0.05) is 19.0 Å². The summed E-state index contributed by atoms with van der Waals surface area (Å²) in [6.07, 6.45) is 8.01. The fraction of sp³-hybridized carbons (Fsp3) is 0.929. The van der Waals surface area contributed by atoms with E-state index in [9.17, 15) is 4.79 Å². The van der Waals surface area contributed by atoms with Crippen molar-refractivity contribution in [2.75, 3.05) is 27.2 Å². The zero-order chi connectivity index (χ0) is 13.4. The molecule has 0 aromatic heterocycles. The second kappa shape index (κ2) is 12.7. The molecule has 1 amide bonds. The lowest BCUT2D eigenvalue weighted by atomic mass is 9.83. The van der Waals surface area contributed by atoms with Gasteiger partial charge < -0.3 is 16.0 Å². The standard InChI is InChI=1S/C14H29N3O.2ClH/c1-17(2)13(12-7-4-3-5-8-12)11-16-14(18)9-6-10-15;;/h12-13H,3-11,15H2,1-2H3,(H,16,18);2*1H. The zero-order valence-electron chi connectivity index (χ0n) is 12.8. The van der Waals surface area contributed by atoms with Gasteiger partial charge in [0.1, 0.15) is 0 Å². The number of nitrogens with two attached hydrogens (primary N) is 1. The summed E-state index contributed by atoms with van der Waals surface area (Å²) >= 11 is 0. The van der Waals surface area contributed by atoms with Crippen LogP contribution < -0.4 is 11.1 Å². The van der Waals surface area contributed by atoms with E-state index in [1.807, 2.05) is 0 Å². The molecule has 0 aromatic rings. The van der Waals surface area contributed by atoms with Crippen LogP contribution in [-0.4, -0.2) is 44.0 Å². The summed E-state index contributed by atoms with van der Waals surface area (Å²) in [6.45, 7) is 1.37. The Morgan fingerprint density at radius 3 is 2.35 bits per heavy atom. The number of amides is 1. The molecule has 1 atom stereocenters. The first-order valence-electron chi connectivity index (χ1n) is 7.28. The molecule has 6 heteroatoms. The third-order valence-corrected chi connectivity index (χ3v) is 3.97.